The molecule has 0 aromatic carbocycles. The molecule has 2 aromatic heterocycles. The number of aromatic nitrogens is 2. The molecule has 0 saturated heterocycles. The lowest BCUT2D eigenvalue weighted by Gasteiger charge is -1.99. The van der Waals surface area contributed by atoms with Gasteiger partial charge in [-0.1, -0.05) is 0 Å². The highest BCUT2D eigenvalue weighted by molar-refractivity contribution is 7.08. The molecule has 0 bridgehead atoms. The molecule has 72 valence electrons. The third-order valence-electron chi connectivity index (χ3n) is 1.89. The quantitative estimate of drug-likeness (QED) is 0.829. The fourth-order valence-corrected chi connectivity index (χ4v) is 1.85. The van der Waals surface area contributed by atoms with Crippen LogP contribution in [0.3, 0.4) is 0 Å². The van der Waals surface area contributed by atoms with Crippen LogP contribution in [0.4, 0.5) is 0 Å². The maximum absolute atomic E-state index is 5.47. The first-order valence-electron chi connectivity index (χ1n) is 4.44. The van der Waals surface area contributed by atoms with E-state index in [1.165, 1.54) is 0 Å². The fourth-order valence-electron chi connectivity index (χ4n) is 1.21. The molecule has 0 atom stereocenters. The van der Waals surface area contributed by atoms with Crippen LogP contribution in [-0.4, -0.2) is 16.5 Å². The molecule has 0 unspecified atom stereocenters. The Morgan fingerprint density at radius 1 is 1.36 bits per heavy atom. The van der Waals surface area contributed by atoms with Crippen molar-refractivity contribution in [2.75, 3.05) is 6.54 Å². The molecule has 2 aromatic rings. The number of hydrogen-bond acceptors (Lipinski definition) is 4. The van der Waals surface area contributed by atoms with E-state index in [2.05, 4.69) is 9.97 Å². The average Bonchev–Trinajstić information content (AvgIpc) is 2.71. The summed E-state index contributed by atoms with van der Waals surface area (Å²) < 4.78 is 0. The third kappa shape index (κ3) is 1.97. The van der Waals surface area contributed by atoms with Gasteiger partial charge in [-0.15, -0.1) is 0 Å². The van der Waals surface area contributed by atoms with Gasteiger partial charge in [0.1, 0.15) is 0 Å². The average molecular weight is 205 g/mol. The molecule has 0 aliphatic heterocycles. The third-order valence-corrected chi connectivity index (χ3v) is 2.58. The lowest BCUT2D eigenvalue weighted by Crippen LogP contribution is -2.05. The Balaban J connectivity index is 2.31. The smallest absolute Gasteiger partial charge is 0.160 e. The largest absolute Gasteiger partial charge is 0.330 e. The van der Waals surface area contributed by atoms with E-state index in [1.807, 2.05) is 22.9 Å². The highest BCUT2D eigenvalue weighted by Crippen LogP contribution is 2.17. The standard InChI is InChI=1S/C10H11N3S/c11-4-1-9-2-5-12-10(13-9)8-3-6-14-7-8/h2-3,5-7H,1,4,11H2. The Labute approximate surface area is 86.6 Å². The maximum Gasteiger partial charge on any atom is 0.160 e. The summed E-state index contributed by atoms with van der Waals surface area (Å²) in [6, 6.07) is 3.93. The first kappa shape index (κ1) is 9.30. The van der Waals surface area contributed by atoms with Crippen LogP contribution in [0.15, 0.2) is 29.1 Å². The predicted molar refractivity (Wildman–Crippen MR) is 58.1 cm³/mol. The number of nitrogens with zero attached hydrogens (tertiary/aromatic N) is 2. The van der Waals surface area contributed by atoms with Crippen molar-refractivity contribution in [1.29, 1.82) is 0 Å². The summed E-state index contributed by atoms with van der Waals surface area (Å²) in [5, 5.41) is 4.07. The molecule has 0 fully saturated rings. The van der Waals surface area contributed by atoms with Gasteiger partial charge in [0, 0.05) is 29.3 Å². The van der Waals surface area contributed by atoms with Crippen molar-refractivity contribution in [2.45, 2.75) is 6.42 Å². The topological polar surface area (TPSA) is 51.8 Å². The molecule has 3 nitrogen and oxygen atoms in total. The van der Waals surface area contributed by atoms with Crippen LogP contribution in [-0.2, 0) is 6.42 Å². The summed E-state index contributed by atoms with van der Waals surface area (Å²) >= 11 is 1.65. The summed E-state index contributed by atoms with van der Waals surface area (Å²) in [4.78, 5) is 8.64. The number of nitrogens with two attached hydrogens (primary N) is 1. The van der Waals surface area contributed by atoms with Gasteiger partial charge in [0.2, 0.25) is 0 Å². The van der Waals surface area contributed by atoms with Gasteiger partial charge in [-0.25, -0.2) is 9.97 Å². The van der Waals surface area contributed by atoms with Gasteiger partial charge in [-0.05, 0) is 24.1 Å². The maximum atomic E-state index is 5.47. The van der Waals surface area contributed by atoms with E-state index in [9.17, 15) is 0 Å². The fraction of sp³-hybridized carbons (Fsp3) is 0.200. The van der Waals surface area contributed by atoms with E-state index in [0.717, 1.165) is 23.5 Å². The van der Waals surface area contributed by atoms with Crippen molar-refractivity contribution < 1.29 is 0 Å². The molecular weight excluding hydrogens is 194 g/mol. The van der Waals surface area contributed by atoms with Crippen LogP contribution < -0.4 is 5.73 Å². The van der Waals surface area contributed by atoms with Crippen LogP contribution in [0.5, 0.6) is 0 Å². The zero-order valence-corrected chi connectivity index (χ0v) is 8.50. The number of rotatable bonds is 3. The highest BCUT2D eigenvalue weighted by atomic mass is 32.1. The molecule has 4 heteroatoms. The highest BCUT2D eigenvalue weighted by Gasteiger charge is 2.01. The van der Waals surface area contributed by atoms with Crippen LogP contribution in [0.25, 0.3) is 11.4 Å². The van der Waals surface area contributed by atoms with E-state index in [-0.39, 0.29) is 0 Å². The molecule has 0 aliphatic rings. The Morgan fingerprint density at radius 2 is 2.29 bits per heavy atom. The summed E-state index contributed by atoms with van der Waals surface area (Å²) in [5.41, 5.74) is 7.55. The normalized spacial score (nSPS) is 10.4. The molecule has 14 heavy (non-hydrogen) atoms. The van der Waals surface area contributed by atoms with Gasteiger partial charge in [-0.3, -0.25) is 0 Å². The van der Waals surface area contributed by atoms with Crippen molar-refractivity contribution in [3.05, 3.63) is 34.8 Å². The SMILES string of the molecule is NCCc1ccnc(-c2ccsc2)n1. The van der Waals surface area contributed by atoms with Gasteiger partial charge >= 0.3 is 0 Å². The second-order valence-electron chi connectivity index (χ2n) is 2.92. The Morgan fingerprint density at radius 3 is 3.00 bits per heavy atom. The van der Waals surface area contributed by atoms with Gasteiger partial charge in [0.05, 0.1) is 0 Å². The second kappa shape index (κ2) is 4.30. The molecule has 0 aliphatic carbocycles. The van der Waals surface area contributed by atoms with Gasteiger partial charge in [0.25, 0.3) is 0 Å². The van der Waals surface area contributed by atoms with Crippen molar-refractivity contribution >= 4 is 11.3 Å². The first-order valence-corrected chi connectivity index (χ1v) is 5.39. The summed E-state index contributed by atoms with van der Waals surface area (Å²) in [7, 11) is 0. The number of hydrogen-bond donors (Lipinski definition) is 1. The van der Waals surface area contributed by atoms with Crippen molar-refractivity contribution in [2.24, 2.45) is 5.73 Å². The van der Waals surface area contributed by atoms with Crippen LogP contribution in [0.1, 0.15) is 5.69 Å². The zero-order valence-electron chi connectivity index (χ0n) is 7.68. The van der Waals surface area contributed by atoms with Gasteiger partial charge in [-0.2, -0.15) is 11.3 Å². The van der Waals surface area contributed by atoms with Crippen LogP contribution >= 0.6 is 11.3 Å². The predicted octanol–water partition coefficient (Wildman–Crippen LogP) is 1.71. The lowest BCUT2D eigenvalue weighted by atomic mass is 10.2. The first-order chi connectivity index (χ1) is 6.90. The Kier molecular flexibility index (Phi) is 2.86. The van der Waals surface area contributed by atoms with Crippen molar-refractivity contribution in [3.8, 4) is 11.4 Å². The van der Waals surface area contributed by atoms with Crippen LogP contribution in [0.2, 0.25) is 0 Å². The second-order valence-corrected chi connectivity index (χ2v) is 3.70. The molecule has 0 amide bonds. The molecule has 0 radical (unpaired) electrons. The molecule has 2 rings (SSSR count). The van der Waals surface area contributed by atoms with Crippen molar-refractivity contribution in [3.63, 3.8) is 0 Å². The van der Waals surface area contributed by atoms with E-state index in [0.29, 0.717) is 6.54 Å². The molecular formula is C10H11N3S. The van der Waals surface area contributed by atoms with Gasteiger partial charge < -0.3 is 5.73 Å². The summed E-state index contributed by atoms with van der Waals surface area (Å²) in [6.07, 6.45) is 2.59. The van der Waals surface area contributed by atoms with Crippen molar-refractivity contribution in [1.82, 2.24) is 9.97 Å². The minimum absolute atomic E-state index is 0.625. The molecule has 2 N–H and O–H groups in total. The lowest BCUT2D eigenvalue weighted by molar-refractivity contribution is 0.913. The molecule has 0 saturated carbocycles. The molecule has 0 spiro atoms. The van der Waals surface area contributed by atoms with Gasteiger partial charge in [0.15, 0.2) is 5.82 Å². The minimum Gasteiger partial charge on any atom is -0.330 e. The number of thiophene rings is 1. The molecule has 2 heterocycles. The van der Waals surface area contributed by atoms with E-state index in [4.69, 9.17) is 5.73 Å². The summed E-state index contributed by atoms with van der Waals surface area (Å²) in [6.45, 7) is 0.625. The Hall–Kier alpha value is -1.26. The van der Waals surface area contributed by atoms with E-state index >= 15 is 0 Å². The van der Waals surface area contributed by atoms with Crippen LogP contribution in [0, 0.1) is 0 Å². The van der Waals surface area contributed by atoms with E-state index < -0.39 is 0 Å². The monoisotopic (exact) mass is 205 g/mol. The zero-order chi connectivity index (χ0) is 9.80. The van der Waals surface area contributed by atoms with E-state index in [1.54, 1.807) is 17.5 Å². The minimum atomic E-state index is 0.625. The Bertz CT molecular complexity index is 398. The summed E-state index contributed by atoms with van der Waals surface area (Å²) in [5.74, 6) is 0.789.